The average molecular weight is 421 g/mol. The summed E-state index contributed by atoms with van der Waals surface area (Å²) in [6.45, 7) is 12.3. The molecule has 4 atom stereocenters. The first-order valence-corrected chi connectivity index (χ1v) is 10.7. The Morgan fingerprint density at radius 2 is 1.93 bits per heavy atom. The van der Waals surface area contributed by atoms with Gasteiger partial charge in [0.15, 0.2) is 0 Å². The smallest absolute Gasteiger partial charge is 0.496 e. The molecule has 1 heterocycles. The van der Waals surface area contributed by atoms with E-state index in [1.807, 2.05) is 26.8 Å². The molecule has 29 heavy (non-hydrogen) atoms. The maximum atomic E-state index is 12.8. The van der Waals surface area contributed by atoms with Crippen molar-refractivity contribution in [3.63, 3.8) is 0 Å². The molecule has 158 valence electrons. The number of esters is 1. The van der Waals surface area contributed by atoms with Crippen LogP contribution in [0, 0.1) is 17.3 Å². The highest BCUT2D eigenvalue weighted by molar-refractivity contribution is 6.63. The van der Waals surface area contributed by atoms with Gasteiger partial charge in [0.25, 0.3) is 0 Å². The Bertz CT molecular complexity index is 848. The summed E-state index contributed by atoms with van der Waals surface area (Å²) in [4.78, 5) is 12.8. The number of ether oxygens (including phenoxy) is 2. The summed E-state index contributed by atoms with van der Waals surface area (Å²) >= 11 is 6.36. The molecule has 4 aliphatic rings. The molecule has 5 rings (SSSR count). The zero-order valence-corrected chi connectivity index (χ0v) is 19.1. The molecular weight excluding hydrogens is 391 g/mol. The van der Waals surface area contributed by atoms with E-state index in [-0.39, 0.29) is 27.7 Å². The third-order valence-electron chi connectivity index (χ3n) is 7.15. The highest BCUT2D eigenvalue weighted by Gasteiger charge is 2.68. The standard InChI is InChI=1S/C22H30BClO5/c1-20(2,3)27-19(25)17-14(24)9-8-13(18(17)26-7)23-28-16-11-12-10-15(21(12,4)5)22(16,6)29-23/h8-9,12,15-16H,10-11H2,1-7H3/t12-,15-,16+,22-/m0/s1. The topological polar surface area (TPSA) is 54.0 Å². The largest absolute Gasteiger partial charge is 0.498 e. The van der Waals surface area contributed by atoms with Crippen molar-refractivity contribution in [1.29, 1.82) is 0 Å². The second kappa shape index (κ2) is 6.63. The van der Waals surface area contributed by atoms with Crippen molar-refractivity contribution in [2.75, 3.05) is 7.11 Å². The third-order valence-corrected chi connectivity index (χ3v) is 7.46. The highest BCUT2D eigenvalue weighted by Crippen LogP contribution is 2.65. The number of hydrogen-bond donors (Lipinski definition) is 0. The molecular formula is C22H30BClO5. The van der Waals surface area contributed by atoms with Gasteiger partial charge in [-0.3, -0.25) is 0 Å². The summed E-state index contributed by atoms with van der Waals surface area (Å²) in [6, 6.07) is 3.50. The van der Waals surface area contributed by atoms with Crippen LogP contribution >= 0.6 is 11.6 Å². The fourth-order valence-electron chi connectivity index (χ4n) is 5.50. The van der Waals surface area contributed by atoms with Gasteiger partial charge in [-0.1, -0.05) is 31.5 Å². The molecule has 2 bridgehead atoms. The summed E-state index contributed by atoms with van der Waals surface area (Å²) < 4.78 is 24.1. The summed E-state index contributed by atoms with van der Waals surface area (Å²) in [6.07, 6.45) is 2.21. The molecule has 1 aliphatic heterocycles. The highest BCUT2D eigenvalue weighted by atomic mass is 35.5. The average Bonchev–Trinajstić information content (AvgIpc) is 2.96. The van der Waals surface area contributed by atoms with Crippen LogP contribution in [0.15, 0.2) is 12.1 Å². The summed E-state index contributed by atoms with van der Waals surface area (Å²) in [5, 5.41) is 0.282. The second-order valence-corrected chi connectivity index (χ2v) is 10.8. The van der Waals surface area contributed by atoms with Gasteiger partial charge in [-0.05, 0) is 63.9 Å². The zero-order valence-electron chi connectivity index (χ0n) is 18.3. The van der Waals surface area contributed by atoms with Crippen LogP contribution in [-0.2, 0) is 14.0 Å². The molecule has 0 spiro atoms. The minimum Gasteiger partial charge on any atom is -0.496 e. The molecule has 7 heteroatoms. The fourth-order valence-corrected chi connectivity index (χ4v) is 5.72. The normalized spacial score (nSPS) is 32.4. The van der Waals surface area contributed by atoms with E-state index in [2.05, 4.69) is 20.8 Å². The van der Waals surface area contributed by atoms with Gasteiger partial charge < -0.3 is 18.8 Å². The van der Waals surface area contributed by atoms with E-state index < -0.39 is 18.7 Å². The maximum absolute atomic E-state index is 12.8. The van der Waals surface area contributed by atoms with Crippen LogP contribution in [0.1, 0.15) is 64.7 Å². The number of hydrogen-bond acceptors (Lipinski definition) is 5. The van der Waals surface area contributed by atoms with E-state index >= 15 is 0 Å². The van der Waals surface area contributed by atoms with Crippen LogP contribution < -0.4 is 10.2 Å². The Kier molecular flexibility index (Phi) is 4.80. The lowest BCUT2D eigenvalue weighted by Gasteiger charge is -2.64. The third kappa shape index (κ3) is 3.19. The van der Waals surface area contributed by atoms with Gasteiger partial charge in [-0.25, -0.2) is 4.79 Å². The van der Waals surface area contributed by atoms with E-state index in [9.17, 15) is 4.79 Å². The molecule has 0 N–H and O–H groups in total. The molecule has 3 aliphatic carbocycles. The Morgan fingerprint density at radius 1 is 1.24 bits per heavy atom. The summed E-state index contributed by atoms with van der Waals surface area (Å²) in [5.41, 5.74) is 0.146. The van der Waals surface area contributed by atoms with Gasteiger partial charge in [0.05, 0.1) is 23.8 Å². The van der Waals surface area contributed by atoms with Crippen LogP contribution in [0.2, 0.25) is 5.02 Å². The Labute approximate surface area is 178 Å². The Balaban J connectivity index is 1.68. The maximum Gasteiger partial charge on any atom is 0.498 e. The van der Waals surface area contributed by atoms with Crippen molar-refractivity contribution >= 4 is 30.2 Å². The van der Waals surface area contributed by atoms with Gasteiger partial charge in [0.2, 0.25) is 0 Å². The predicted octanol–water partition coefficient (Wildman–Crippen LogP) is 4.24. The lowest BCUT2D eigenvalue weighted by Crippen LogP contribution is -2.65. The van der Waals surface area contributed by atoms with Crippen LogP contribution in [0.25, 0.3) is 0 Å². The van der Waals surface area contributed by atoms with Gasteiger partial charge in [0, 0.05) is 5.46 Å². The number of carbonyl (C=O) groups is 1. The van der Waals surface area contributed by atoms with Gasteiger partial charge in [-0.15, -0.1) is 0 Å². The number of benzene rings is 1. The zero-order chi connectivity index (χ0) is 21.4. The molecule has 0 amide bonds. The minimum absolute atomic E-state index is 0.0367. The van der Waals surface area contributed by atoms with Gasteiger partial charge in [-0.2, -0.15) is 0 Å². The number of rotatable bonds is 3. The van der Waals surface area contributed by atoms with Gasteiger partial charge in [0.1, 0.15) is 16.9 Å². The van der Waals surface area contributed by atoms with Crippen molar-refractivity contribution in [3.05, 3.63) is 22.7 Å². The molecule has 4 fully saturated rings. The fraction of sp³-hybridized carbons (Fsp3) is 0.682. The van der Waals surface area contributed by atoms with E-state index in [0.29, 0.717) is 23.0 Å². The molecule has 5 nitrogen and oxygen atoms in total. The lowest BCUT2D eigenvalue weighted by atomic mass is 9.43. The first-order chi connectivity index (χ1) is 13.4. The van der Waals surface area contributed by atoms with Crippen molar-refractivity contribution in [2.45, 2.75) is 71.7 Å². The quantitative estimate of drug-likeness (QED) is 0.541. The van der Waals surface area contributed by atoms with E-state index in [1.54, 1.807) is 6.07 Å². The number of methoxy groups -OCH3 is 1. The van der Waals surface area contributed by atoms with E-state index in [4.69, 9.17) is 30.4 Å². The van der Waals surface area contributed by atoms with Crippen molar-refractivity contribution in [2.24, 2.45) is 17.3 Å². The van der Waals surface area contributed by atoms with E-state index in [1.165, 1.54) is 13.5 Å². The van der Waals surface area contributed by atoms with E-state index in [0.717, 1.165) is 6.42 Å². The molecule has 0 unspecified atom stereocenters. The summed E-state index contributed by atoms with van der Waals surface area (Å²) in [5.74, 6) is 0.946. The summed E-state index contributed by atoms with van der Waals surface area (Å²) in [7, 11) is 0.917. The number of carbonyl (C=O) groups excluding carboxylic acids is 1. The van der Waals surface area contributed by atoms with Crippen molar-refractivity contribution in [1.82, 2.24) is 0 Å². The monoisotopic (exact) mass is 420 g/mol. The van der Waals surface area contributed by atoms with Crippen LogP contribution in [0.4, 0.5) is 0 Å². The molecule has 0 aromatic heterocycles. The molecule has 1 aromatic carbocycles. The molecule has 0 radical (unpaired) electrons. The SMILES string of the molecule is COc1c(B2O[C@@H]3C[C@@H]4C[C@@H](C4(C)C)[C@]3(C)O2)ccc(Cl)c1C(=O)OC(C)(C)C. The minimum atomic E-state index is -0.642. The lowest BCUT2D eigenvalue weighted by molar-refractivity contribution is -0.199. The molecule has 1 saturated heterocycles. The second-order valence-electron chi connectivity index (χ2n) is 10.3. The Hall–Kier alpha value is -1.24. The predicted molar refractivity (Wildman–Crippen MR) is 113 cm³/mol. The number of halogens is 1. The Morgan fingerprint density at radius 3 is 2.52 bits per heavy atom. The molecule has 3 saturated carbocycles. The van der Waals surface area contributed by atoms with Crippen LogP contribution in [-0.4, -0.2) is 37.5 Å². The van der Waals surface area contributed by atoms with Crippen molar-refractivity contribution in [3.8, 4) is 5.75 Å². The van der Waals surface area contributed by atoms with Crippen molar-refractivity contribution < 1.29 is 23.6 Å². The first-order valence-electron chi connectivity index (χ1n) is 10.3. The first kappa shape index (κ1) is 21.0. The van der Waals surface area contributed by atoms with Gasteiger partial charge >= 0.3 is 13.1 Å². The van der Waals surface area contributed by atoms with Crippen LogP contribution in [0.3, 0.4) is 0 Å². The molecule has 1 aromatic rings. The van der Waals surface area contributed by atoms with Crippen LogP contribution in [0.5, 0.6) is 5.75 Å².